The van der Waals surface area contributed by atoms with Crippen molar-refractivity contribution in [3.8, 4) is 0 Å². The predicted molar refractivity (Wildman–Crippen MR) is 93.2 cm³/mol. The second-order valence-corrected chi connectivity index (χ2v) is 8.67. The van der Waals surface area contributed by atoms with Gasteiger partial charge in [0.2, 0.25) is 10.0 Å². The number of benzene rings is 1. The molecule has 1 aliphatic heterocycles. The van der Waals surface area contributed by atoms with Crippen molar-refractivity contribution in [1.82, 2.24) is 9.46 Å². The van der Waals surface area contributed by atoms with Crippen molar-refractivity contribution in [2.75, 3.05) is 13.1 Å². The highest BCUT2D eigenvalue weighted by molar-refractivity contribution is 7.89. The predicted octanol–water partition coefficient (Wildman–Crippen LogP) is 3.59. The first kappa shape index (κ1) is 20.5. The number of carbonyl (C=O) groups excluding carboxylic acids is 1. The summed E-state index contributed by atoms with van der Waals surface area (Å²) in [5.74, 6) is -0.818. The molecule has 1 atom stereocenters. The van der Waals surface area contributed by atoms with E-state index >= 15 is 0 Å². The number of sulfonamides is 1. The highest BCUT2D eigenvalue weighted by Crippen LogP contribution is 2.31. The van der Waals surface area contributed by atoms with Crippen LogP contribution < -0.4 is 0 Å². The molecule has 2 aromatic rings. The summed E-state index contributed by atoms with van der Waals surface area (Å²) < 4.78 is 70.1. The first-order chi connectivity index (χ1) is 13.0. The number of aromatic nitrogens is 1. The van der Waals surface area contributed by atoms with Crippen molar-refractivity contribution < 1.29 is 30.9 Å². The fraction of sp³-hybridized carbons (Fsp3) is 0.444. The topological polar surface area (TPSA) is 80.5 Å². The molecule has 0 aliphatic carbocycles. The second-order valence-electron chi connectivity index (χ2n) is 6.79. The standard InChI is InChI=1S/C18H19F3N2O4S/c1-11-17(12(2)27-22-11)28(25,26)23-9-3-4-14(10-23)16(24)13-5-7-15(8-6-13)18(19,20)21/h5-8,14H,3-4,9-10H2,1-2H3/t14-/m1/s1. The van der Waals surface area contributed by atoms with Gasteiger partial charge in [-0.15, -0.1) is 0 Å². The monoisotopic (exact) mass is 416 g/mol. The lowest BCUT2D eigenvalue weighted by Crippen LogP contribution is -2.42. The summed E-state index contributed by atoms with van der Waals surface area (Å²) in [6.07, 6.45) is -3.54. The van der Waals surface area contributed by atoms with E-state index in [2.05, 4.69) is 5.16 Å². The van der Waals surface area contributed by atoms with Crippen LogP contribution in [0.3, 0.4) is 0 Å². The van der Waals surface area contributed by atoms with Gasteiger partial charge in [-0.2, -0.15) is 17.5 Å². The van der Waals surface area contributed by atoms with Crippen molar-refractivity contribution in [3.63, 3.8) is 0 Å². The summed E-state index contributed by atoms with van der Waals surface area (Å²) >= 11 is 0. The van der Waals surface area contributed by atoms with Crippen LogP contribution >= 0.6 is 0 Å². The molecular weight excluding hydrogens is 397 g/mol. The van der Waals surface area contributed by atoms with E-state index in [0.717, 1.165) is 24.3 Å². The first-order valence-electron chi connectivity index (χ1n) is 8.66. The highest BCUT2D eigenvalue weighted by Gasteiger charge is 2.37. The van der Waals surface area contributed by atoms with Crippen molar-refractivity contribution in [2.24, 2.45) is 5.92 Å². The molecule has 1 aromatic carbocycles. The van der Waals surface area contributed by atoms with Crippen LogP contribution in [0, 0.1) is 19.8 Å². The maximum atomic E-state index is 12.9. The molecule has 2 heterocycles. The van der Waals surface area contributed by atoms with Crippen molar-refractivity contribution in [1.29, 1.82) is 0 Å². The SMILES string of the molecule is Cc1noc(C)c1S(=O)(=O)N1CCC[C@@H](C(=O)c2ccc(C(F)(F)F)cc2)C1. The van der Waals surface area contributed by atoms with Crippen LogP contribution in [-0.4, -0.2) is 36.8 Å². The number of nitrogens with zero attached hydrogens (tertiary/aromatic N) is 2. The fourth-order valence-electron chi connectivity index (χ4n) is 3.41. The van der Waals surface area contributed by atoms with E-state index in [1.807, 2.05) is 0 Å². The van der Waals surface area contributed by atoms with Crippen LogP contribution in [0.5, 0.6) is 0 Å². The van der Waals surface area contributed by atoms with Crippen molar-refractivity contribution >= 4 is 15.8 Å². The molecule has 6 nitrogen and oxygen atoms in total. The van der Waals surface area contributed by atoms with Gasteiger partial charge in [0.1, 0.15) is 10.6 Å². The third kappa shape index (κ3) is 3.83. The van der Waals surface area contributed by atoms with Gasteiger partial charge in [0.25, 0.3) is 0 Å². The Labute approximate surface area is 160 Å². The molecule has 1 fully saturated rings. The normalized spacial score (nSPS) is 19.0. The van der Waals surface area contributed by atoms with Gasteiger partial charge in [-0.05, 0) is 38.8 Å². The molecule has 0 saturated carbocycles. The van der Waals surface area contributed by atoms with E-state index in [0.29, 0.717) is 12.8 Å². The van der Waals surface area contributed by atoms with Crippen molar-refractivity contribution in [2.45, 2.75) is 37.8 Å². The molecule has 0 radical (unpaired) electrons. The average molecular weight is 416 g/mol. The number of halogens is 3. The number of hydrogen-bond acceptors (Lipinski definition) is 5. The van der Waals surface area contributed by atoms with E-state index in [1.165, 1.54) is 18.2 Å². The third-order valence-electron chi connectivity index (χ3n) is 4.82. The lowest BCUT2D eigenvalue weighted by molar-refractivity contribution is -0.137. The Balaban J connectivity index is 1.80. The van der Waals surface area contributed by atoms with Gasteiger partial charge in [-0.25, -0.2) is 8.42 Å². The molecule has 1 aromatic heterocycles. The Kier molecular flexibility index (Phi) is 5.37. The summed E-state index contributed by atoms with van der Waals surface area (Å²) in [6, 6.07) is 3.97. The fourth-order valence-corrected chi connectivity index (χ4v) is 5.22. The zero-order valence-corrected chi connectivity index (χ0v) is 16.1. The van der Waals surface area contributed by atoms with Crippen LogP contribution in [0.25, 0.3) is 0 Å². The zero-order valence-electron chi connectivity index (χ0n) is 15.3. The molecule has 0 N–H and O–H groups in total. The number of hydrogen-bond donors (Lipinski definition) is 0. The molecule has 0 unspecified atom stereocenters. The van der Waals surface area contributed by atoms with E-state index in [9.17, 15) is 26.4 Å². The molecule has 1 saturated heterocycles. The smallest absolute Gasteiger partial charge is 0.360 e. The van der Waals surface area contributed by atoms with Crippen LogP contribution in [0.4, 0.5) is 13.2 Å². The van der Waals surface area contributed by atoms with Gasteiger partial charge in [-0.1, -0.05) is 17.3 Å². The lowest BCUT2D eigenvalue weighted by atomic mass is 9.90. The quantitative estimate of drug-likeness (QED) is 0.712. The average Bonchev–Trinajstić information content (AvgIpc) is 2.99. The zero-order chi connectivity index (χ0) is 20.7. The number of aryl methyl sites for hydroxylation is 2. The summed E-state index contributed by atoms with van der Waals surface area (Å²) in [5, 5.41) is 3.67. The lowest BCUT2D eigenvalue weighted by Gasteiger charge is -2.31. The number of Topliss-reactive ketones (excluding diaryl/α,β-unsaturated/α-hetero) is 1. The number of carbonyl (C=O) groups is 1. The molecule has 152 valence electrons. The second kappa shape index (κ2) is 7.32. The number of piperidine rings is 1. The van der Waals surface area contributed by atoms with Crippen LogP contribution in [0.2, 0.25) is 0 Å². The minimum Gasteiger partial charge on any atom is -0.360 e. The van der Waals surface area contributed by atoms with Gasteiger partial charge >= 0.3 is 6.18 Å². The highest BCUT2D eigenvalue weighted by atomic mass is 32.2. The summed E-state index contributed by atoms with van der Waals surface area (Å²) in [7, 11) is -3.88. The van der Waals surface area contributed by atoms with Gasteiger partial charge < -0.3 is 4.52 Å². The van der Waals surface area contributed by atoms with Crippen LogP contribution in [0.1, 0.15) is 40.2 Å². The number of alkyl halides is 3. The van der Waals surface area contributed by atoms with Crippen molar-refractivity contribution in [3.05, 3.63) is 46.8 Å². The maximum Gasteiger partial charge on any atom is 0.416 e. The summed E-state index contributed by atoms with van der Waals surface area (Å²) in [4.78, 5) is 12.7. The van der Waals surface area contributed by atoms with Gasteiger partial charge in [0, 0.05) is 24.6 Å². The van der Waals surface area contributed by atoms with Gasteiger partial charge in [-0.3, -0.25) is 4.79 Å². The Bertz CT molecular complexity index is 962. The summed E-state index contributed by atoms with van der Waals surface area (Å²) in [5.41, 5.74) is -0.460. The van der Waals surface area contributed by atoms with Gasteiger partial charge in [0.15, 0.2) is 11.5 Å². The van der Waals surface area contributed by atoms with E-state index in [-0.39, 0.29) is 40.8 Å². The molecular formula is C18H19F3N2O4S. The molecule has 1 aliphatic rings. The first-order valence-corrected chi connectivity index (χ1v) is 10.1. The Morgan fingerprint density at radius 1 is 1.21 bits per heavy atom. The Morgan fingerprint density at radius 3 is 2.39 bits per heavy atom. The Hall–Kier alpha value is -2.20. The maximum absolute atomic E-state index is 12.9. The van der Waals surface area contributed by atoms with Gasteiger partial charge in [0.05, 0.1) is 5.56 Å². The molecule has 28 heavy (non-hydrogen) atoms. The van der Waals surface area contributed by atoms with E-state index < -0.39 is 27.7 Å². The molecule has 0 bridgehead atoms. The number of rotatable bonds is 4. The molecule has 10 heteroatoms. The largest absolute Gasteiger partial charge is 0.416 e. The Morgan fingerprint density at radius 2 is 1.86 bits per heavy atom. The minimum atomic E-state index is -4.48. The van der Waals surface area contributed by atoms with E-state index in [1.54, 1.807) is 0 Å². The molecule has 0 spiro atoms. The molecule has 0 amide bonds. The third-order valence-corrected chi connectivity index (χ3v) is 6.93. The molecule has 3 rings (SSSR count). The van der Waals surface area contributed by atoms with Crippen LogP contribution in [-0.2, 0) is 16.2 Å². The number of ketones is 1. The van der Waals surface area contributed by atoms with E-state index in [4.69, 9.17) is 4.52 Å². The minimum absolute atomic E-state index is 0.00451. The summed E-state index contributed by atoms with van der Waals surface area (Å²) in [6.45, 7) is 3.25. The van der Waals surface area contributed by atoms with Crippen LogP contribution in [0.15, 0.2) is 33.7 Å².